The van der Waals surface area contributed by atoms with Crippen molar-refractivity contribution in [2.75, 3.05) is 20.6 Å². The number of hydrogen-bond acceptors (Lipinski definition) is 2. The topological polar surface area (TPSA) is 86.6 Å². The average molecular weight is 239 g/mol. The Morgan fingerprint density at radius 3 is 2.12 bits per heavy atom. The minimum Gasteiger partial charge on any atom is -0.412 e. The van der Waals surface area contributed by atoms with E-state index < -0.39 is 0 Å². The Kier molecular flexibility index (Phi) is 9.27. The lowest BCUT2D eigenvalue weighted by Crippen LogP contribution is -2.45. The molecule has 0 spiro atoms. The molecule has 0 atom stereocenters. The number of hydrogen-bond donors (Lipinski definition) is 0. The van der Waals surface area contributed by atoms with E-state index in [2.05, 4.69) is 0 Å². The van der Waals surface area contributed by atoms with Crippen molar-refractivity contribution in [2.45, 2.75) is 6.92 Å². The Labute approximate surface area is 103 Å². The molecule has 1 radical (unpaired) electrons. The van der Waals surface area contributed by atoms with Crippen molar-refractivity contribution in [3.05, 3.63) is 30.3 Å². The van der Waals surface area contributed by atoms with E-state index in [1.54, 1.807) is 17.3 Å². The molecule has 0 bridgehead atoms. The molecule has 1 aromatic carbocycles. The highest BCUT2D eigenvalue weighted by atomic mass is 16.2. The Bertz CT molecular complexity index is 320. The van der Waals surface area contributed by atoms with Gasteiger partial charge in [0, 0.05) is 20.6 Å². The average Bonchev–Trinajstić information content (AvgIpc) is 2.19. The van der Waals surface area contributed by atoms with E-state index in [0.717, 1.165) is 5.46 Å². The Balaban J connectivity index is 0. The summed E-state index contributed by atoms with van der Waals surface area (Å²) in [5.74, 6) is 0.00806. The molecule has 0 unspecified atom stereocenters. The second-order valence-corrected chi connectivity index (χ2v) is 3.46. The number of carbonyl (C=O) groups is 1. The van der Waals surface area contributed by atoms with Crippen molar-refractivity contribution in [3.8, 4) is 0 Å². The van der Waals surface area contributed by atoms with Crippen LogP contribution in [0.25, 0.3) is 0 Å². The molecule has 0 saturated heterocycles. The fourth-order valence-electron chi connectivity index (χ4n) is 1.40. The van der Waals surface area contributed by atoms with Gasteiger partial charge in [0.2, 0.25) is 0 Å². The molecule has 1 aromatic rings. The second-order valence-electron chi connectivity index (χ2n) is 3.46. The van der Waals surface area contributed by atoms with Crippen molar-refractivity contribution >= 4 is 18.5 Å². The molecular weight excluding hydrogens is 219 g/mol. The lowest BCUT2D eigenvalue weighted by molar-refractivity contribution is 0.0833. The predicted octanol–water partition coefficient (Wildman–Crippen LogP) is -0.715. The molecular formula is C11H20BN2O3. The van der Waals surface area contributed by atoms with Crippen LogP contribution >= 0.6 is 0 Å². The van der Waals surface area contributed by atoms with Gasteiger partial charge in [0.15, 0.2) is 5.81 Å². The van der Waals surface area contributed by atoms with Crippen molar-refractivity contribution in [1.82, 2.24) is 10.0 Å². The van der Waals surface area contributed by atoms with Crippen LogP contribution in [0.3, 0.4) is 0 Å². The number of benzene rings is 1. The van der Waals surface area contributed by atoms with Gasteiger partial charge < -0.3 is 11.0 Å². The van der Waals surface area contributed by atoms with Crippen LogP contribution < -0.4 is 5.46 Å². The van der Waals surface area contributed by atoms with Crippen molar-refractivity contribution < 1.29 is 15.7 Å². The second kappa shape index (κ2) is 8.75. The number of nitrogens with zero attached hydrogens (tertiary/aromatic N) is 2. The van der Waals surface area contributed by atoms with Gasteiger partial charge in [-0.3, -0.25) is 9.80 Å². The highest BCUT2D eigenvalue weighted by Gasteiger charge is 2.14. The maximum atomic E-state index is 11.8. The summed E-state index contributed by atoms with van der Waals surface area (Å²) in [6.07, 6.45) is 0. The smallest absolute Gasteiger partial charge is 0.273 e. The first-order valence-electron chi connectivity index (χ1n) is 5.03. The fraction of sp³-hybridized carbons (Fsp3) is 0.364. The molecule has 4 N–H and O–H groups in total. The van der Waals surface area contributed by atoms with Crippen molar-refractivity contribution in [1.29, 1.82) is 0 Å². The monoisotopic (exact) mass is 239 g/mol. The summed E-state index contributed by atoms with van der Waals surface area (Å²) in [6, 6.07) is 9.62. The summed E-state index contributed by atoms with van der Waals surface area (Å²) in [5.41, 5.74) is 0.933. The van der Waals surface area contributed by atoms with Gasteiger partial charge in [0.1, 0.15) is 0 Å². The van der Waals surface area contributed by atoms with Crippen LogP contribution in [-0.2, 0) is 0 Å². The SMILES string of the molecule is CCN(C(=O)[B]c1ccccc1)N(C)C.O.O. The van der Waals surface area contributed by atoms with Gasteiger partial charge in [0.05, 0.1) is 0 Å². The van der Waals surface area contributed by atoms with Gasteiger partial charge in [-0.25, -0.2) is 5.01 Å². The number of amides is 1. The van der Waals surface area contributed by atoms with Crippen LogP contribution in [0.1, 0.15) is 6.92 Å². The maximum absolute atomic E-state index is 11.8. The van der Waals surface area contributed by atoms with E-state index in [-0.39, 0.29) is 16.8 Å². The molecule has 0 aliphatic carbocycles. The quantitative estimate of drug-likeness (QED) is 0.513. The Morgan fingerprint density at radius 2 is 1.71 bits per heavy atom. The molecule has 6 heteroatoms. The van der Waals surface area contributed by atoms with Gasteiger partial charge in [-0.2, -0.15) is 0 Å². The molecule has 1 amide bonds. The zero-order valence-electron chi connectivity index (χ0n) is 10.5. The Hall–Kier alpha value is -1.37. The van der Waals surface area contributed by atoms with E-state index in [4.69, 9.17) is 0 Å². The molecule has 17 heavy (non-hydrogen) atoms. The summed E-state index contributed by atoms with van der Waals surface area (Å²) in [6.45, 7) is 2.63. The largest absolute Gasteiger partial charge is 0.412 e. The van der Waals surface area contributed by atoms with Crippen LogP contribution in [0.2, 0.25) is 0 Å². The van der Waals surface area contributed by atoms with E-state index in [1.807, 2.05) is 51.4 Å². The molecule has 5 nitrogen and oxygen atoms in total. The first-order valence-corrected chi connectivity index (χ1v) is 5.03. The lowest BCUT2D eigenvalue weighted by Gasteiger charge is -2.27. The maximum Gasteiger partial charge on any atom is 0.273 e. The first kappa shape index (κ1) is 18.0. The van der Waals surface area contributed by atoms with Crippen LogP contribution in [0, 0.1) is 0 Å². The van der Waals surface area contributed by atoms with Gasteiger partial charge in [-0.15, -0.1) is 0 Å². The molecule has 0 fully saturated rings. The zero-order valence-corrected chi connectivity index (χ0v) is 10.5. The minimum atomic E-state index is 0. The van der Waals surface area contributed by atoms with Gasteiger partial charge >= 0.3 is 0 Å². The third-order valence-electron chi connectivity index (χ3n) is 2.13. The summed E-state index contributed by atoms with van der Waals surface area (Å²) >= 11 is 0. The minimum absolute atomic E-state index is 0. The molecule has 95 valence electrons. The number of rotatable bonds is 4. The normalized spacial score (nSPS) is 8.94. The molecule has 0 aliphatic rings. The highest BCUT2D eigenvalue weighted by molar-refractivity contribution is 6.83. The Morgan fingerprint density at radius 1 is 1.18 bits per heavy atom. The third kappa shape index (κ3) is 5.49. The van der Waals surface area contributed by atoms with Crippen molar-refractivity contribution in [3.63, 3.8) is 0 Å². The fourth-order valence-corrected chi connectivity index (χ4v) is 1.40. The van der Waals surface area contributed by atoms with E-state index >= 15 is 0 Å². The highest BCUT2D eigenvalue weighted by Crippen LogP contribution is 1.93. The van der Waals surface area contributed by atoms with Crippen LogP contribution in [-0.4, -0.2) is 54.7 Å². The van der Waals surface area contributed by atoms with E-state index in [0.29, 0.717) is 6.54 Å². The predicted molar refractivity (Wildman–Crippen MR) is 70.5 cm³/mol. The first-order chi connectivity index (χ1) is 7.15. The van der Waals surface area contributed by atoms with Crippen LogP contribution in [0.4, 0.5) is 4.79 Å². The third-order valence-corrected chi connectivity index (χ3v) is 2.13. The number of carbonyl (C=O) groups excluding carboxylic acids is 1. The molecule has 0 heterocycles. The van der Waals surface area contributed by atoms with Gasteiger partial charge in [-0.05, 0) is 6.92 Å². The van der Waals surface area contributed by atoms with Gasteiger partial charge in [0.25, 0.3) is 7.28 Å². The summed E-state index contributed by atoms with van der Waals surface area (Å²) in [4.78, 5) is 11.8. The van der Waals surface area contributed by atoms with Crippen molar-refractivity contribution in [2.24, 2.45) is 0 Å². The molecule has 0 aliphatic heterocycles. The van der Waals surface area contributed by atoms with Crippen LogP contribution in [0.5, 0.6) is 0 Å². The molecule has 0 aromatic heterocycles. The zero-order chi connectivity index (χ0) is 11.3. The standard InChI is InChI=1S/C11H16BN2O.2H2O/c1-4-14(13(2)3)11(15)12-10-8-6-5-7-9-10;;/h5-9H,4H2,1-3H3;2*1H2. The van der Waals surface area contributed by atoms with Crippen LogP contribution in [0.15, 0.2) is 30.3 Å². The summed E-state index contributed by atoms with van der Waals surface area (Å²) in [5, 5.41) is 3.47. The number of hydrazine groups is 1. The molecule has 0 saturated carbocycles. The van der Waals surface area contributed by atoms with E-state index in [9.17, 15) is 4.79 Å². The molecule has 1 rings (SSSR count). The van der Waals surface area contributed by atoms with E-state index in [1.165, 1.54) is 0 Å². The summed E-state index contributed by atoms with van der Waals surface area (Å²) in [7, 11) is 5.37. The summed E-state index contributed by atoms with van der Waals surface area (Å²) < 4.78 is 0. The lowest BCUT2D eigenvalue weighted by atomic mass is 9.69. The van der Waals surface area contributed by atoms with Gasteiger partial charge in [-0.1, -0.05) is 35.8 Å².